The molecular formula is C15H22N2O5S2. The van der Waals surface area contributed by atoms with Gasteiger partial charge >= 0.3 is 5.97 Å². The summed E-state index contributed by atoms with van der Waals surface area (Å²) in [5.41, 5.74) is 0. The number of nitrogens with one attached hydrogen (secondary N) is 1. The van der Waals surface area contributed by atoms with E-state index in [0.717, 1.165) is 22.6 Å². The zero-order valence-electron chi connectivity index (χ0n) is 13.5. The molecule has 1 aromatic rings. The highest BCUT2D eigenvalue weighted by Crippen LogP contribution is 2.23. The Balaban J connectivity index is 1.96. The molecule has 2 N–H and O–H groups in total. The highest BCUT2D eigenvalue weighted by Gasteiger charge is 2.37. The van der Waals surface area contributed by atoms with E-state index >= 15 is 0 Å². The van der Waals surface area contributed by atoms with Crippen LogP contribution in [-0.4, -0.2) is 48.0 Å². The molecule has 0 bridgehead atoms. The van der Waals surface area contributed by atoms with E-state index in [2.05, 4.69) is 5.32 Å². The third kappa shape index (κ3) is 4.55. The minimum absolute atomic E-state index is 0.0696. The summed E-state index contributed by atoms with van der Waals surface area (Å²) < 4.78 is 26.0. The van der Waals surface area contributed by atoms with E-state index in [1.165, 1.54) is 10.4 Å². The lowest BCUT2D eigenvalue weighted by Gasteiger charge is -2.23. The van der Waals surface area contributed by atoms with Crippen LogP contribution in [0, 0.1) is 0 Å². The van der Waals surface area contributed by atoms with E-state index in [1.807, 2.05) is 6.92 Å². The van der Waals surface area contributed by atoms with E-state index in [-0.39, 0.29) is 23.1 Å². The van der Waals surface area contributed by atoms with Crippen LogP contribution in [0.2, 0.25) is 0 Å². The van der Waals surface area contributed by atoms with Gasteiger partial charge in [-0.25, -0.2) is 13.2 Å². The molecule has 0 aromatic carbocycles. The van der Waals surface area contributed by atoms with Gasteiger partial charge < -0.3 is 10.4 Å². The van der Waals surface area contributed by atoms with Gasteiger partial charge in [0.05, 0.1) is 12.3 Å². The number of amides is 1. The topological polar surface area (TPSA) is 104 Å². The molecule has 0 saturated carbocycles. The summed E-state index contributed by atoms with van der Waals surface area (Å²) in [6, 6.07) is 2.48. The molecule has 1 aromatic heterocycles. The molecule has 1 amide bonds. The van der Waals surface area contributed by atoms with E-state index in [0.29, 0.717) is 25.8 Å². The molecule has 1 fully saturated rings. The van der Waals surface area contributed by atoms with Crippen molar-refractivity contribution in [2.45, 2.75) is 45.2 Å². The normalized spacial score (nSPS) is 18.6. The molecule has 1 unspecified atom stereocenters. The van der Waals surface area contributed by atoms with Gasteiger partial charge in [0.15, 0.2) is 0 Å². The first-order chi connectivity index (χ1) is 11.3. The number of unbranched alkanes of at least 4 members (excludes halogenated alkanes) is 1. The summed E-state index contributed by atoms with van der Waals surface area (Å²) >= 11 is 1.10. The number of hydrogen-bond acceptors (Lipinski definition) is 5. The maximum atomic E-state index is 12.4. The van der Waals surface area contributed by atoms with Crippen LogP contribution >= 0.6 is 11.3 Å². The minimum atomic E-state index is -3.41. The van der Waals surface area contributed by atoms with Crippen molar-refractivity contribution in [3.63, 3.8) is 0 Å². The summed E-state index contributed by atoms with van der Waals surface area (Å²) in [6.07, 6.45) is 2.56. The van der Waals surface area contributed by atoms with Crippen LogP contribution in [0.25, 0.3) is 0 Å². The molecule has 0 radical (unpaired) electrons. The Morgan fingerprint density at radius 3 is 2.79 bits per heavy atom. The summed E-state index contributed by atoms with van der Waals surface area (Å²) in [5, 5.41) is 11.6. The number of rotatable bonds is 8. The van der Waals surface area contributed by atoms with Crippen molar-refractivity contribution in [2.75, 3.05) is 12.3 Å². The van der Waals surface area contributed by atoms with Crippen molar-refractivity contribution in [2.24, 2.45) is 0 Å². The number of hydrogen-bond donors (Lipinski definition) is 2. The lowest BCUT2D eigenvalue weighted by atomic mass is 10.2. The molecule has 1 saturated heterocycles. The fourth-order valence-corrected chi connectivity index (χ4v) is 5.33. The maximum absolute atomic E-state index is 12.4. The molecular weight excluding hydrogens is 352 g/mol. The summed E-state index contributed by atoms with van der Waals surface area (Å²) in [6.45, 7) is 2.51. The second-order valence-corrected chi connectivity index (χ2v) is 8.94. The second-order valence-electron chi connectivity index (χ2n) is 5.73. The third-order valence-corrected chi connectivity index (χ3v) is 6.96. The predicted molar refractivity (Wildman–Crippen MR) is 91.5 cm³/mol. The van der Waals surface area contributed by atoms with Gasteiger partial charge in [-0.2, -0.15) is 4.31 Å². The molecule has 7 nitrogen and oxygen atoms in total. The number of aromatic carboxylic acids is 1. The van der Waals surface area contributed by atoms with Crippen molar-refractivity contribution in [1.29, 1.82) is 0 Å². The first kappa shape index (κ1) is 18.9. The highest BCUT2D eigenvalue weighted by molar-refractivity contribution is 7.89. The van der Waals surface area contributed by atoms with Gasteiger partial charge in [-0.1, -0.05) is 13.3 Å². The quantitative estimate of drug-likeness (QED) is 0.720. The number of nitrogens with zero attached hydrogens (tertiary/aromatic N) is 1. The predicted octanol–water partition coefficient (Wildman–Crippen LogP) is 1.66. The van der Waals surface area contributed by atoms with E-state index in [1.54, 1.807) is 6.07 Å². The highest BCUT2D eigenvalue weighted by atomic mass is 32.2. The van der Waals surface area contributed by atoms with Gasteiger partial charge in [0.25, 0.3) is 0 Å². The Bertz CT molecular complexity index is 698. The molecule has 0 spiro atoms. The molecule has 24 heavy (non-hydrogen) atoms. The van der Waals surface area contributed by atoms with Gasteiger partial charge in [-0.05, 0) is 31.4 Å². The Hall–Kier alpha value is -1.45. The van der Waals surface area contributed by atoms with Crippen molar-refractivity contribution in [3.8, 4) is 0 Å². The van der Waals surface area contributed by atoms with Gasteiger partial charge in [0, 0.05) is 11.4 Å². The molecule has 1 aliphatic rings. The number of carbonyl (C=O) groups excluding carboxylic acids is 1. The van der Waals surface area contributed by atoms with Crippen LogP contribution in [-0.2, 0) is 21.4 Å². The monoisotopic (exact) mass is 374 g/mol. The summed E-state index contributed by atoms with van der Waals surface area (Å²) in [7, 11) is -3.41. The molecule has 134 valence electrons. The minimum Gasteiger partial charge on any atom is -0.477 e. The number of carbonyl (C=O) groups is 2. The van der Waals surface area contributed by atoms with Crippen molar-refractivity contribution in [3.05, 3.63) is 21.9 Å². The molecule has 9 heteroatoms. The van der Waals surface area contributed by atoms with E-state index < -0.39 is 22.0 Å². The standard InChI is InChI=1S/C15H22N2O5S2/c1-2-3-9-24(21,22)17-8-4-5-12(17)14(18)16-10-11-6-7-13(23-11)15(19)20/h6-7,12H,2-5,8-10H2,1H3,(H,16,18)(H,19,20). The zero-order chi connectivity index (χ0) is 17.7. The number of sulfonamides is 1. The van der Waals surface area contributed by atoms with E-state index in [4.69, 9.17) is 5.11 Å². The molecule has 1 aliphatic heterocycles. The fraction of sp³-hybridized carbons (Fsp3) is 0.600. The largest absolute Gasteiger partial charge is 0.477 e. The first-order valence-electron chi connectivity index (χ1n) is 7.94. The average Bonchev–Trinajstić information content (AvgIpc) is 3.19. The fourth-order valence-electron chi connectivity index (χ4n) is 2.66. The van der Waals surface area contributed by atoms with Crippen molar-refractivity contribution < 1.29 is 23.1 Å². The lowest BCUT2D eigenvalue weighted by Crippen LogP contribution is -2.46. The first-order valence-corrected chi connectivity index (χ1v) is 10.4. The Morgan fingerprint density at radius 1 is 1.42 bits per heavy atom. The maximum Gasteiger partial charge on any atom is 0.345 e. The molecule has 2 heterocycles. The average molecular weight is 374 g/mol. The van der Waals surface area contributed by atoms with Crippen LogP contribution in [0.3, 0.4) is 0 Å². The second kappa shape index (κ2) is 8.09. The van der Waals surface area contributed by atoms with Crippen LogP contribution in [0.4, 0.5) is 0 Å². The summed E-state index contributed by atoms with van der Waals surface area (Å²) in [4.78, 5) is 24.1. The van der Waals surface area contributed by atoms with E-state index in [9.17, 15) is 18.0 Å². The Kier molecular flexibility index (Phi) is 6.36. The molecule has 1 atom stereocenters. The molecule has 0 aliphatic carbocycles. The van der Waals surface area contributed by atoms with Crippen molar-refractivity contribution in [1.82, 2.24) is 9.62 Å². The van der Waals surface area contributed by atoms with Gasteiger partial charge in [-0.3, -0.25) is 4.79 Å². The number of carboxylic acid groups (broad SMARTS) is 1. The van der Waals surface area contributed by atoms with Crippen molar-refractivity contribution >= 4 is 33.2 Å². The molecule has 2 rings (SSSR count). The van der Waals surface area contributed by atoms with Gasteiger partial charge in [-0.15, -0.1) is 11.3 Å². The number of carboxylic acids is 1. The smallest absolute Gasteiger partial charge is 0.345 e. The zero-order valence-corrected chi connectivity index (χ0v) is 15.2. The van der Waals surface area contributed by atoms with Crippen LogP contribution in [0.15, 0.2) is 12.1 Å². The van der Waals surface area contributed by atoms with Gasteiger partial charge in [0.2, 0.25) is 15.9 Å². The SMILES string of the molecule is CCCCS(=O)(=O)N1CCCC1C(=O)NCc1ccc(C(=O)O)s1. The third-order valence-electron chi connectivity index (χ3n) is 3.93. The van der Waals surface area contributed by atoms with Crippen LogP contribution in [0.5, 0.6) is 0 Å². The van der Waals surface area contributed by atoms with Crippen LogP contribution < -0.4 is 5.32 Å². The Morgan fingerprint density at radius 2 is 2.17 bits per heavy atom. The van der Waals surface area contributed by atoms with Gasteiger partial charge in [0.1, 0.15) is 10.9 Å². The number of thiophene rings is 1. The summed E-state index contributed by atoms with van der Waals surface area (Å²) in [5.74, 6) is -1.25. The van der Waals surface area contributed by atoms with Crippen LogP contribution in [0.1, 0.15) is 47.2 Å². The Labute approximate surface area is 145 Å². The lowest BCUT2D eigenvalue weighted by molar-refractivity contribution is -0.124.